The molecule has 7 heteroatoms. The highest BCUT2D eigenvalue weighted by Crippen LogP contribution is 2.30. The van der Waals surface area contributed by atoms with Gasteiger partial charge in [0.2, 0.25) is 5.91 Å². The molecule has 1 aliphatic heterocycles. The lowest BCUT2D eigenvalue weighted by atomic mass is 10.1. The second-order valence-corrected chi connectivity index (χ2v) is 5.85. The summed E-state index contributed by atoms with van der Waals surface area (Å²) in [6.07, 6.45) is -4.18. The summed E-state index contributed by atoms with van der Waals surface area (Å²) in [5, 5.41) is 2.60. The fourth-order valence-corrected chi connectivity index (χ4v) is 2.75. The summed E-state index contributed by atoms with van der Waals surface area (Å²) in [5.74, 6) is -0.446. The first-order chi connectivity index (χ1) is 11.8. The number of likely N-dealkylation sites (N-methyl/N-ethyl adjacent to an activating group) is 1. The van der Waals surface area contributed by atoms with Crippen LogP contribution >= 0.6 is 0 Å². The molecule has 0 aromatic heterocycles. The zero-order valence-electron chi connectivity index (χ0n) is 13.4. The van der Waals surface area contributed by atoms with Crippen LogP contribution in [0.4, 0.5) is 18.9 Å². The number of anilines is 1. The van der Waals surface area contributed by atoms with Crippen molar-refractivity contribution in [1.29, 1.82) is 0 Å². The molecule has 2 aromatic carbocycles. The minimum absolute atomic E-state index is 0.0152. The zero-order valence-corrected chi connectivity index (χ0v) is 13.4. The molecule has 0 spiro atoms. The Labute approximate surface area is 142 Å². The van der Waals surface area contributed by atoms with Gasteiger partial charge in [-0.25, -0.2) is 0 Å². The van der Waals surface area contributed by atoms with E-state index >= 15 is 0 Å². The predicted molar refractivity (Wildman–Crippen MR) is 86.2 cm³/mol. The van der Waals surface area contributed by atoms with Crippen molar-refractivity contribution >= 4 is 17.5 Å². The van der Waals surface area contributed by atoms with Crippen molar-refractivity contribution in [2.45, 2.75) is 19.1 Å². The topological polar surface area (TPSA) is 49.4 Å². The Morgan fingerprint density at radius 2 is 1.96 bits per heavy atom. The molecular weight excluding hydrogens is 333 g/mol. The second kappa shape index (κ2) is 6.23. The summed E-state index contributed by atoms with van der Waals surface area (Å²) < 4.78 is 38.1. The van der Waals surface area contributed by atoms with E-state index in [0.29, 0.717) is 11.1 Å². The number of halogens is 3. The molecule has 4 nitrogen and oxygen atoms in total. The van der Waals surface area contributed by atoms with Crippen LogP contribution in [0.3, 0.4) is 0 Å². The monoisotopic (exact) mass is 348 g/mol. The third kappa shape index (κ3) is 3.50. The highest BCUT2D eigenvalue weighted by atomic mass is 19.4. The van der Waals surface area contributed by atoms with Gasteiger partial charge in [-0.05, 0) is 41.5 Å². The van der Waals surface area contributed by atoms with Gasteiger partial charge in [0.1, 0.15) is 0 Å². The molecule has 1 N–H and O–H groups in total. The number of hydrogen-bond acceptors (Lipinski definition) is 2. The van der Waals surface area contributed by atoms with Crippen molar-refractivity contribution in [2.24, 2.45) is 0 Å². The van der Waals surface area contributed by atoms with E-state index in [9.17, 15) is 22.8 Å². The van der Waals surface area contributed by atoms with Gasteiger partial charge in [0, 0.05) is 24.8 Å². The summed E-state index contributed by atoms with van der Waals surface area (Å²) in [7, 11) is 1.67. The van der Waals surface area contributed by atoms with Crippen molar-refractivity contribution in [2.75, 3.05) is 11.9 Å². The van der Waals surface area contributed by atoms with Crippen molar-refractivity contribution in [3.63, 3.8) is 0 Å². The largest absolute Gasteiger partial charge is 0.416 e. The van der Waals surface area contributed by atoms with E-state index in [1.165, 1.54) is 17.0 Å². The van der Waals surface area contributed by atoms with E-state index in [4.69, 9.17) is 0 Å². The van der Waals surface area contributed by atoms with Gasteiger partial charge in [0.25, 0.3) is 5.91 Å². The summed E-state index contributed by atoms with van der Waals surface area (Å²) >= 11 is 0. The maximum absolute atomic E-state index is 12.7. The van der Waals surface area contributed by atoms with Gasteiger partial charge in [-0.15, -0.1) is 0 Å². The lowest BCUT2D eigenvalue weighted by Crippen LogP contribution is -2.23. The van der Waals surface area contributed by atoms with E-state index in [1.807, 2.05) is 0 Å². The highest BCUT2D eigenvalue weighted by Gasteiger charge is 2.30. The number of carbonyl (C=O) groups is 2. The average molecular weight is 348 g/mol. The molecule has 2 aromatic rings. The van der Waals surface area contributed by atoms with Crippen LogP contribution in [0.25, 0.3) is 0 Å². The number of benzene rings is 2. The van der Waals surface area contributed by atoms with Crippen molar-refractivity contribution in [1.82, 2.24) is 5.32 Å². The Morgan fingerprint density at radius 1 is 1.20 bits per heavy atom. The molecule has 0 aliphatic carbocycles. The molecule has 0 unspecified atom stereocenters. The number of nitrogens with one attached hydrogen (secondary N) is 1. The van der Waals surface area contributed by atoms with Crippen LogP contribution in [-0.2, 0) is 23.9 Å². The quantitative estimate of drug-likeness (QED) is 0.926. The Bertz CT molecular complexity index is 846. The Kier molecular flexibility index (Phi) is 4.24. The van der Waals surface area contributed by atoms with Crippen molar-refractivity contribution in [3.05, 3.63) is 64.7 Å². The van der Waals surface area contributed by atoms with Crippen LogP contribution in [0.1, 0.15) is 27.0 Å². The fourth-order valence-electron chi connectivity index (χ4n) is 2.75. The minimum atomic E-state index is -4.42. The molecule has 1 heterocycles. The fraction of sp³-hybridized carbons (Fsp3) is 0.222. The molecule has 0 saturated carbocycles. The summed E-state index contributed by atoms with van der Waals surface area (Å²) in [6.45, 7) is -0.0152. The van der Waals surface area contributed by atoms with Gasteiger partial charge in [-0.3, -0.25) is 9.59 Å². The Morgan fingerprint density at radius 3 is 2.68 bits per heavy atom. The third-order valence-corrected chi connectivity index (χ3v) is 4.13. The van der Waals surface area contributed by atoms with Gasteiger partial charge < -0.3 is 10.2 Å². The highest BCUT2D eigenvalue weighted by molar-refractivity contribution is 6.03. The van der Waals surface area contributed by atoms with E-state index in [1.54, 1.807) is 25.2 Å². The summed E-state index contributed by atoms with van der Waals surface area (Å²) in [4.78, 5) is 25.4. The molecule has 3 rings (SSSR count). The van der Waals surface area contributed by atoms with Crippen molar-refractivity contribution < 1.29 is 22.8 Å². The molecule has 0 saturated heterocycles. The third-order valence-electron chi connectivity index (χ3n) is 4.13. The molecule has 1 aliphatic rings. The first-order valence-corrected chi connectivity index (χ1v) is 7.59. The zero-order chi connectivity index (χ0) is 18.2. The summed E-state index contributed by atoms with van der Waals surface area (Å²) in [6, 6.07) is 9.75. The van der Waals surface area contributed by atoms with Gasteiger partial charge >= 0.3 is 6.18 Å². The molecular formula is C18H15F3N2O2. The van der Waals surface area contributed by atoms with Crippen LogP contribution in [0.15, 0.2) is 42.5 Å². The van der Waals surface area contributed by atoms with E-state index in [0.717, 1.165) is 23.4 Å². The van der Waals surface area contributed by atoms with Crippen LogP contribution in [0.2, 0.25) is 0 Å². The van der Waals surface area contributed by atoms with E-state index < -0.39 is 17.6 Å². The number of carbonyl (C=O) groups excluding carboxylic acids is 2. The number of rotatable bonds is 3. The number of alkyl halides is 3. The lowest BCUT2D eigenvalue weighted by Gasteiger charge is -2.11. The van der Waals surface area contributed by atoms with Gasteiger partial charge in [0.05, 0.1) is 12.0 Å². The van der Waals surface area contributed by atoms with Crippen molar-refractivity contribution in [3.8, 4) is 0 Å². The minimum Gasteiger partial charge on any atom is -0.348 e. The lowest BCUT2D eigenvalue weighted by molar-refractivity contribution is -0.137. The molecule has 2 amide bonds. The maximum atomic E-state index is 12.7. The Hall–Kier alpha value is -2.83. The van der Waals surface area contributed by atoms with Gasteiger partial charge in [0.15, 0.2) is 0 Å². The molecule has 0 atom stereocenters. The second-order valence-electron chi connectivity index (χ2n) is 5.85. The molecule has 0 bridgehead atoms. The number of hydrogen-bond donors (Lipinski definition) is 1. The van der Waals surface area contributed by atoms with Crippen LogP contribution in [0, 0.1) is 0 Å². The number of fused-ring (bicyclic) bond motifs is 1. The Balaban J connectivity index is 1.70. The maximum Gasteiger partial charge on any atom is 0.416 e. The van der Waals surface area contributed by atoms with E-state index in [2.05, 4.69) is 5.32 Å². The SMILES string of the molecule is CN1C(=O)Cc2cc(C(=O)NCc3cccc(C(F)(F)F)c3)ccc21. The van der Waals surface area contributed by atoms with Crippen LogP contribution in [0.5, 0.6) is 0 Å². The molecule has 25 heavy (non-hydrogen) atoms. The normalized spacial score (nSPS) is 13.8. The predicted octanol–water partition coefficient (Wildman–Crippen LogP) is 3.15. The first-order valence-electron chi connectivity index (χ1n) is 7.59. The molecule has 130 valence electrons. The smallest absolute Gasteiger partial charge is 0.348 e. The first kappa shape index (κ1) is 17.0. The van der Waals surface area contributed by atoms with E-state index in [-0.39, 0.29) is 18.9 Å². The summed E-state index contributed by atoms with van der Waals surface area (Å²) in [5.41, 5.74) is 1.50. The van der Waals surface area contributed by atoms with Gasteiger partial charge in [-0.2, -0.15) is 13.2 Å². The molecule has 0 radical (unpaired) electrons. The van der Waals surface area contributed by atoms with Gasteiger partial charge in [-0.1, -0.05) is 12.1 Å². The average Bonchev–Trinajstić information content (AvgIpc) is 2.86. The van der Waals surface area contributed by atoms with Crippen LogP contribution < -0.4 is 10.2 Å². The molecule has 0 fully saturated rings. The van der Waals surface area contributed by atoms with Crippen LogP contribution in [-0.4, -0.2) is 18.9 Å². The number of amides is 2. The standard InChI is InChI=1S/C18H15F3N2O2/c1-23-15-6-5-12(8-13(15)9-16(23)24)17(25)22-10-11-3-2-4-14(7-11)18(19,20)21/h2-8H,9-10H2,1H3,(H,22,25). The number of nitrogens with zero attached hydrogens (tertiary/aromatic N) is 1.